The monoisotopic (exact) mass is 481 g/mol. The van der Waals surface area contributed by atoms with Gasteiger partial charge >= 0.3 is 0 Å². The fraction of sp³-hybridized carbons (Fsp3) is 0.233. The molecule has 0 aliphatic carbocycles. The summed E-state index contributed by atoms with van der Waals surface area (Å²) in [6.07, 6.45) is 0.365. The second-order valence-corrected chi connectivity index (χ2v) is 9.19. The van der Waals surface area contributed by atoms with Gasteiger partial charge < -0.3 is 0 Å². The van der Waals surface area contributed by atoms with Crippen LogP contribution in [-0.2, 0) is 16.0 Å². The fourth-order valence-corrected chi connectivity index (χ4v) is 5.27. The van der Waals surface area contributed by atoms with Crippen molar-refractivity contribution in [1.29, 1.82) is 0 Å². The summed E-state index contributed by atoms with van der Waals surface area (Å²) in [6.45, 7) is 4.31. The van der Waals surface area contributed by atoms with E-state index in [4.69, 9.17) is 5.10 Å². The highest BCUT2D eigenvalue weighted by atomic mass is 19.1. The molecule has 0 N–H and O–H groups in total. The Morgan fingerprint density at radius 3 is 2.22 bits per heavy atom. The second kappa shape index (κ2) is 9.90. The number of amides is 1. The highest BCUT2D eigenvalue weighted by Crippen LogP contribution is 2.47. The number of nitrogens with zero attached hydrogens (tertiary/aromatic N) is 3. The SMILES string of the molecule is CCN1C(=O)[C@@H](CC(=O)Cc2ccccc2)[C@@H](c2ccc(F)cc2)c2c(C)nn(-c3ccccc3)c21. The van der Waals surface area contributed by atoms with Gasteiger partial charge in [0.25, 0.3) is 0 Å². The third kappa shape index (κ3) is 4.35. The Kier molecular flexibility index (Phi) is 6.51. The molecular formula is C30H28FN3O2. The van der Waals surface area contributed by atoms with E-state index in [1.807, 2.05) is 79.2 Å². The zero-order valence-corrected chi connectivity index (χ0v) is 20.4. The minimum atomic E-state index is -0.605. The zero-order chi connectivity index (χ0) is 25.2. The maximum absolute atomic E-state index is 14.0. The van der Waals surface area contributed by atoms with Crippen LogP contribution in [0.5, 0.6) is 0 Å². The zero-order valence-electron chi connectivity index (χ0n) is 20.4. The number of aryl methyl sites for hydroxylation is 1. The van der Waals surface area contributed by atoms with Crippen LogP contribution in [0, 0.1) is 18.7 Å². The first-order chi connectivity index (χ1) is 17.5. The van der Waals surface area contributed by atoms with E-state index < -0.39 is 11.8 Å². The van der Waals surface area contributed by atoms with Crippen molar-refractivity contribution in [3.05, 3.63) is 113 Å². The first kappa shape index (κ1) is 23.7. The Balaban J connectivity index is 1.63. The lowest BCUT2D eigenvalue weighted by Crippen LogP contribution is -2.45. The first-order valence-electron chi connectivity index (χ1n) is 12.2. The van der Waals surface area contributed by atoms with Gasteiger partial charge in [-0.2, -0.15) is 5.10 Å². The molecule has 3 aromatic carbocycles. The van der Waals surface area contributed by atoms with Gasteiger partial charge in [-0.3, -0.25) is 14.5 Å². The van der Waals surface area contributed by atoms with Crippen molar-refractivity contribution in [3.63, 3.8) is 0 Å². The van der Waals surface area contributed by atoms with Crippen LogP contribution in [-0.4, -0.2) is 28.0 Å². The molecule has 0 unspecified atom stereocenters. The molecule has 1 aliphatic heterocycles. The number of hydrogen-bond donors (Lipinski definition) is 0. The summed E-state index contributed by atoms with van der Waals surface area (Å²) in [7, 11) is 0. The molecule has 1 amide bonds. The van der Waals surface area contributed by atoms with Crippen molar-refractivity contribution in [2.45, 2.75) is 32.6 Å². The molecule has 0 saturated carbocycles. The number of benzene rings is 3. The third-order valence-electron chi connectivity index (χ3n) is 6.87. The van der Waals surface area contributed by atoms with Gasteiger partial charge in [0.1, 0.15) is 17.4 Å². The fourth-order valence-electron chi connectivity index (χ4n) is 5.27. The van der Waals surface area contributed by atoms with Crippen LogP contribution in [0.2, 0.25) is 0 Å². The van der Waals surface area contributed by atoms with Crippen LogP contribution in [0.4, 0.5) is 10.2 Å². The lowest BCUT2D eigenvalue weighted by atomic mass is 9.74. The molecule has 182 valence electrons. The number of fused-ring (bicyclic) bond motifs is 1. The maximum Gasteiger partial charge on any atom is 0.232 e. The minimum Gasteiger partial charge on any atom is -0.299 e. The summed E-state index contributed by atoms with van der Waals surface area (Å²) in [5, 5.41) is 4.83. The van der Waals surface area contributed by atoms with Crippen LogP contribution in [0.3, 0.4) is 0 Å². The number of aromatic nitrogens is 2. The molecule has 0 spiro atoms. The highest BCUT2D eigenvalue weighted by Gasteiger charge is 2.45. The van der Waals surface area contributed by atoms with E-state index >= 15 is 0 Å². The number of rotatable bonds is 7. The maximum atomic E-state index is 14.0. The van der Waals surface area contributed by atoms with E-state index in [1.54, 1.807) is 17.0 Å². The van der Waals surface area contributed by atoms with Crippen molar-refractivity contribution in [2.75, 3.05) is 11.4 Å². The molecule has 0 saturated heterocycles. The van der Waals surface area contributed by atoms with E-state index in [2.05, 4.69) is 0 Å². The summed E-state index contributed by atoms with van der Waals surface area (Å²) in [6, 6.07) is 25.5. The number of carbonyl (C=O) groups excluding carboxylic acids is 2. The molecule has 0 bridgehead atoms. The molecule has 36 heavy (non-hydrogen) atoms. The number of Topliss-reactive ketones (excluding diaryl/α,β-unsaturated/α-hetero) is 1. The van der Waals surface area contributed by atoms with Crippen molar-refractivity contribution < 1.29 is 14.0 Å². The van der Waals surface area contributed by atoms with Gasteiger partial charge in [-0.15, -0.1) is 0 Å². The van der Waals surface area contributed by atoms with Crippen molar-refractivity contribution in [3.8, 4) is 5.69 Å². The molecule has 0 radical (unpaired) electrons. The third-order valence-corrected chi connectivity index (χ3v) is 6.87. The summed E-state index contributed by atoms with van der Waals surface area (Å²) < 4.78 is 15.7. The second-order valence-electron chi connectivity index (χ2n) is 9.19. The average molecular weight is 482 g/mol. The van der Waals surface area contributed by atoms with E-state index in [9.17, 15) is 14.0 Å². The molecule has 6 heteroatoms. The standard InChI is InChI=1S/C30H28FN3O2/c1-3-33-29-27(20(2)32-34(29)24-12-8-5-9-13-24)28(22-14-16-23(31)17-15-22)26(30(33)36)19-25(35)18-21-10-6-4-7-11-21/h4-17,26,28H,3,18-19H2,1-2H3/t26-,28+/m0/s1. The Labute approximate surface area is 210 Å². The van der Waals surface area contributed by atoms with Crippen LogP contribution >= 0.6 is 0 Å². The molecule has 2 atom stereocenters. The molecule has 2 heterocycles. The topological polar surface area (TPSA) is 55.2 Å². The summed E-state index contributed by atoms with van der Waals surface area (Å²) in [5.41, 5.74) is 4.27. The van der Waals surface area contributed by atoms with Gasteiger partial charge in [-0.25, -0.2) is 9.07 Å². The first-order valence-corrected chi connectivity index (χ1v) is 12.2. The summed E-state index contributed by atoms with van der Waals surface area (Å²) in [5.74, 6) is -0.756. The lowest BCUT2D eigenvalue weighted by molar-refractivity contribution is -0.128. The van der Waals surface area contributed by atoms with Gasteiger partial charge in [-0.05, 0) is 49.2 Å². The normalized spacial score (nSPS) is 17.2. The highest BCUT2D eigenvalue weighted by molar-refractivity contribution is 6.01. The number of carbonyl (C=O) groups is 2. The Bertz CT molecular complexity index is 1380. The number of hydrogen-bond acceptors (Lipinski definition) is 3. The smallest absolute Gasteiger partial charge is 0.232 e. The molecule has 5 rings (SSSR count). The van der Waals surface area contributed by atoms with E-state index in [0.29, 0.717) is 12.4 Å². The number of para-hydroxylation sites is 1. The molecule has 1 aliphatic rings. The van der Waals surface area contributed by atoms with Gasteiger partial charge in [0.2, 0.25) is 5.91 Å². The molecular weight excluding hydrogens is 453 g/mol. The van der Waals surface area contributed by atoms with Crippen LogP contribution < -0.4 is 4.90 Å². The average Bonchev–Trinajstić information content (AvgIpc) is 3.23. The van der Waals surface area contributed by atoms with Crippen molar-refractivity contribution >= 4 is 17.5 Å². The van der Waals surface area contributed by atoms with Crippen molar-refractivity contribution in [2.24, 2.45) is 5.92 Å². The lowest BCUT2D eigenvalue weighted by Gasteiger charge is -2.38. The largest absolute Gasteiger partial charge is 0.299 e. The molecule has 4 aromatic rings. The predicted molar refractivity (Wildman–Crippen MR) is 138 cm³/mol. The Hall–Kier alpha value is -4.06. The molecule has 5 nitrogen and oxygen atoms in total. The van der Waals surface area contributed by atoms with E-state index in [-0.39, 0.29) is 30.3 Å². The Morgan fingerprint density at radius 2 is 1.58 bits per heavy atom. The van der Waals surface area contributed by atoms with Gasteiger partial charge in [0, 0.05) is 30.9 Å². The Morgan fingerprint density at radius 1 is 0.944 bits per heavy atom. The number of anilines is 1. The number of halogens is 1. The van der Waals surface area contributed by atoms with Crippen molar-refractivity contribution in [1.82, 2.24) is 9.78 Å². The predicted octanol–water partition coefficient (Wildman–Crippen LogP) is 5.64. The van der Waals surface area contributed by atoms with Gasteiger partial charge in [-0.1, -0.05) is 60.7 Å². The van der Waals surface area contributed by atoms with Crippen LogP contribution in [0.15, 0.2) is 84.9 Å². The summed E-state index contributed by atoms with van der Waals surface area (Å²) in [4.78, 5) is 29.0. The quantitative estimate of drug-likeness (QED) is 0.343. The molecule has 0 fully saturated rings. The number of ketones is 1. The van der Waals surface area contributed by atoms with Crippen LogP contribution in [0.25, 0.3) is 5.69 Å². The van der Waals surface area contributed by atoms with Gasteiger partial charge in [0.05, 0.1) is 17.3 Å². The summed E-state index contributed by atoms with van der Waals surface area (Å²) >= 11 is 0. The minimum absolute atomic E-state index is 0.000677. The van der Waals surface area contributed by atoms with E-state index in [1.165, 1.54) is 12.1 Å². The van der Waals surface area contributed by atoms with E-state index in [0.717, 1.165) is 28.1 Å². The van der Waals surface area contributed by atoms with Crippen LogP contribution in [0.1, 0.15) is 41.6 Å². The molecule has 1 aromatic heterocycles. The van der Waals surface area contributed by atoms with Gasteiger partial charge in [0.15, 0.2) is 0 Å².